The lowest BCUT2D eigenvalue weighted by molar-refractivity contribution is -0.162. The van der Waals surface area contributed by atoms with Crippen LogP contribution < -0.4 is 10.5 Å². The molecule has 2 amide bonds. The van der Waals surface area contributed by atoms with Gasteiger partial charge in [-0.1, -0.05) is 0 Å². The first-order chi connectivity index (χ1) is 13.8. The Hall–Kier alpha value is -2.23. The molecule has 2 saturated heterocycles. The maximum atomic E-state index is 13.1. The van der Waals surface area contributed by atoms with E-state index < -0.39 is 11.5 Å². The summed E-state index contributed by atoms with van der Waals surface area (Å²) in [5.74, 6) is -0.423. The average molecular weight is 408 g/mol. The third kappa shape index (κ3) is 6.12. The molecule has 29 heavy (non-hydrogen) atoms. The summed E-state index contributed by atoms with van der Waals surface area (Å²) in [7, 11) is 2.07. The number of piperazine rings is 1. The Bertz CT molecular complexity index is 709. The fourth-order valence-electron chi connectivity index (χ4n) is 3.66. The van der Waals surface area contributed by atoms with Gasteiger partial charge in [-0.15, -0.1) is 0 Å². The van der Waals surface area contributed by atoms with Gasteiger partial charge in [0, 0.05) is 32.7 Å². The molecule has 1 unspecified atom stereocenters. The minimum absolute atomic E-state index is 0.00785. The minimum atomic E-state index is -1.02. The Morgan fingerprint density at radius 2 is 1.86 bits per heavy atom. The Morgan fingerprint density at radius 1 is 1.17 bits per heavy atom. The molecule has 1 aromatic rings. The molecule has 2 aliphatic heterocycles. The van der Waals surface area contributed by atoms with Gasteiger partial charge in [0.25, 0.3) is 0 Å². The predicted molar refractivity (Wildman–Crippen MR) is 105 cm³/mol. The third-order valence-electron chi connectivity index (χ3n) is 5.37. The summed E-state index contributed by atoms with van der Waals surface area (Å²) in [4.78, 5) is 30.6. The molecule has 3 rings (SSSR count). The van der Waals surface area contributed by atoms with Crippen molar-refractivity contribution in [1.82, 2.24) is 14.7 Å². The molecule has 0 radical (unpaired) electrons. The van der Waals surface area contributed by atoms with E-state index in [-0.39, 0.29) is 31.3 Å². The second-order valence-electron chi connectivity index (χ2n) is 7.81. The molecule has 2 fully saturated rings. The fraction of sp³-hybridized carbons (Fsp3) is 0.600. The summed E-state index contributed by atoms with van der Waals surface area (Å²) in [5, 5.41) is 0. The van der Waals surface area contributed by atoms with Gasteiger partial charge in [-0.05, 0) is 31.3 Å². The van der Waals surface area contributed by atoms with Gasteiger partial charge in [0.2, 0.25) is 11.8 Å². The molecule has 0 aromatic heterocycles. The number of primary amides is 1. The van der Waals surface area contributed by atoms with Gasteiger partial charge in [-0.2, -0.15) is 0 Å². The van der Waals surface area contributed by atoms with Crippen LogP contribution >= 0.6 is 0 Å². The molecule has 0 aliphatic carbocycles. The van der Waals surface area contributed by atoms with Crippen LogP contribution in [0.3, 0.4) is 0 Å². The zero-order valence-corrected chi connectivity index (χ0v) is 16.8. The standard InChI is InChI=1S/C20H29FN4O4/c1-23-6-8-24(9-7-23)13-19(27)25-10-11-29-20(14-25,12-18(22)26)15-28-17-4-2-16(21)3-5-17/h2-5H,6-15H2,1H3,(H2,22,26). The van der Waals surface area contributed by atoms with Crippen molar-refractivity contribution in [3.63, 3.8) is 0 Å². The highest BCUT2D eigenvalue weighted by Gasteiger charge is 2.41. The Morgan fingerprint density at radius 3 is 2.52 bits per heavy atom. The van der Waals surface area contributed by atoms with Crippen LogP contribution in [0.5, 0.6) is 5.75 Å². The summed E-state index contributed by atoms with van der Waals surface area (Å²) in [6, 6.07) is 5.60. The van der Waals surface area contributed by atoms with Crippen molar-refractivity contribution in [2.45, 2.75) is 12.0 Å². The number of amides is 2. The summed E-state index contributed by atoms with van der Waals surface area (Å²) < 4.78 is 24.7. The zero-order chi connectivity index (χ0) is 20.9. The number of rotatable bonds is 7. The molecular formula is C20H29FN4O4. The van der Waals surface area contributed by atoms with Crippen molar-refractivity contribution in [1.29, 1.82) is 0 Å². The maximum absolute atomic E-state index is 13.1. The van der Waals surface area contributed by atoms with E-state index in [2.05, 4.69) is 16.8 Å². The van der Waals surface area contributed by atoms with Gasteiger partial charge in [-0.25, -0.2) is 4.39 Å². The molecule has 2 heterocycles. The number of nitrogens with zero attached hydrogens (tertiary/aromatic N) is 3. The van der Waals surface area contributed by atoms with Gasteiger partial charge in [-0.3, -0.25) is 14.5 Å². The highest BCUT2D eigenvalue weighted by molar-refractivity contribution is 5.79. The van der Waals surface area contributed by atoms with E-state index in [9.17, 15) is 14.0 Å². The first-order valence-electron chi connectivity index (χ1n) is 9.85. The molecule has 0 spiro atoms. The van der Waals surface area contributed by atoms with E-state index >= 15 is 0 Å². The van der Waals surface area contributed by atoms with Crippen LogP contribution in [0.15, 0.2) is 24.3 Å². The van der Waals surface area contributed by atoms with Crippen LogP contribution in [-0.2, 0) is 14.3 Å². The Labute approximate surface area is 170 Å². The van der Waals surface area contributed by atoms with Crippen molar-refractivity contribution < 1.29 is 23.5 Å². The van der Waals surface area contributed by atoms with Crippen LogP contribution in [0.1, 0.15) is 6.42 Å². The van der Waals surface area contributed by atoms with Gasteiger partial charge >= 0.3 is 0 Å². The molecule has 9 heteroatoms. The Kier molecular flexibility index (Phi) is 7.05. The molecule has 1 aromatic carbocycles. The Balaban J connectivity index is 1.62. The molecule has 0 bridgehead atoms. The lowest BCUT2D eigenvalue weighted by Crippen LogP contribution is -2.59. The van der Waals surface area contributed by atoms with Gasteiger partial charge in [0.05, 0.1) is 26.1 Å². The molecule has 0 saturated carbocycles. The van der Waals surface area contributed by atoms with Crippen molar-refractivity contribution in [2.24, 2.45) is 5.73 Å². The van der Waals surface area contributed by atoms with Crippen molar-refractivity contribution >= 4 is 11.8 Å². The second kappa shape index (κ2) is 9.51. The molecule has 2 aliphatic rings. The minimum Gasteiger partial charge on any atom is -0.490 e. The molecule has 2 N–H and O–H groups in total. The van der Waals surface area contributed by atoms with Crippen molar-refractivity contribution in [3.8, 4) is 5.75 Å². The quantitative estimate of drug-likeness (QED) is 0.679. The van der Waals surface area contributed by atoms with Crippen molar-refractivity contribution in [2.75, 3.05) is 66.1 Å². The van der Waals surface area contributed by atoms with Crippen LogP contribution in [0.25, 0.3) is 0 Å². The van der Waals surface area contributed by atoms with Crippen LogP contribution in [0.4, 0.5) is 4.39 Å². The lowest BCUT2D eigenvalue weighted by atomic mass is 9.97. The molecular weight excluding hydrogens is 379 g/mol. The van der Waals surface area contributed by atoms with Crippen LogP contribution in [0.2, 0.25) is 0 Å². The van der Waals surface area contributed by atoms with Gasteiger partial charge in [0.1, 0.15) is 23.8 Å². The number of halogens is 1. The molecule has 8 nitrogen and oxygen atoms in total. The number of carbonyl (C=O) groups excluding carboxylic acids is 2. The molecule has 1 atom stereocenters. The number of hydrogen-bond acceptors (Lipinski definition) is 6. The van der Waals surface area contributed by atoms with E-state index in [4.69, 9.17) is 15.2 Å². The van der Waals surface area contributed by atoms with Gasteiger partial charge in [0.15, 0.2) is 0 Å². The summed E-state index contributed by atoms with van der Waals surface area (Å²) in [5.41, 5.74) is 4.42. The predicted octanol–water partition coefficient (Wildman–Crippen LogP) is -0.0751. The van der Waals surface area contributed by atoms with E-state index in [1.807, 2.05) is 0 Å². The number of benzene rings is 1. The van der Waals surface area contributed by atoms with E-state index in [0.717, 1.165) is 26.2 Å². The monoisotopic (exact) mass is 408 g/mol. The highest BCUT2D eigenvalue weighted by Crippen LogP contribution is 2.24. The topological polar surface area (TPSA) is 88.3 Å². The number of likely N-dealkylation sites (N-methyl/N-ethyl adjacent to an activating group) is 1. The highest BCUT2D eigenvalue weighted by atomic mass is 19.1. The second-order valence-corrected chi connectivity index (χ2v) is 7.81. The average Bonchev–Trinajstić information content (AvgIpc) is 2.69. The van der Waals surface area contributed by atoms with E-state index in [1.165, 1.54) is 24.3 Å². The number of morpholine rings is 1. The third-order valence-corrected chi connectivity index (χ3v) is 5.37. The smallest absolute Gasteiger partial charge is 0.236 e. The number of carbonyl (C=O) groups is 2. The van der Waals surface area contributed by atoms with Crippen LogP contribution in [-0.4, -0.2) is 98.2 Å². The first kappa shape index (κ1) is 21.5. The van der Waals surface area contributed by atoms with Gasteiger partial charge < -0.3 is 25.0 Å². The fourth-order valence-corrected chi connectivity index (χ4v) is 3.66. The summed E-state index contributed by atoms with van der Waals surface area (Å²) in [6.07, 6.45) is -0.0630. The summed E-state index contributed by atoms with van der Waals surface area (Å²) in [6.45, 7) is 4.96. The zero-order valence-electron chi connectivity index (χ0n) is 16.8. The maximum Gasteiger partial charge on any atom is 0.236 e. The van der Waals surface area contributed by atoms with Crippen molar-refractivity contribution in [3.05, 3.63) is 30.1 Å². The molecule has 160 valence electrons. The largest absolute Gasteiger partial charge is 0.490 e. The number of ether oxygens (including phenoxy) is 2. The summed E-state index contributed by atoms with van der Waals surface area (Å²) >= 11 is 0. The van der Waals surface area contributed by atoms with E-state index in [1.54, 1.807) is 4.90 Å². The SMILES string of the molecule is CN1CCN(CC(=O)N2CCOC(COc3ccc(F)cc3)(CC(N)=O)C2)CC1. The normalized spacial score (nSPS) is 23.7. The number of nitrogens with two attached hydrogens (primary N) is 1. The number of hydrogen-bond donors (Lipinski definition) is 1. The van der Waals surface area contributed by atoms with Crippen LogP contribution in [0, 0.1) is 5.82 Å². The lowest BCUT2D eigenvalue weighted by Gasteiger charge is -2.42. The first-order valence-corrected chi connectivity index (χ1v) is 9.85. The van der Waals surface area contributed by atoms with E-state index in [0.29, 0.717) is 25.4 Å².